The Kier molecular flexibility index (Phi) is 4.93. The van der Waals surface area contributed by atoms with Crippen molar-refractivity contribution >= 4 is 0 Å². The van der Waals surface area contributed by atoms with Gasteiger partial charge in [0.15, 0.2) is 0 Å². The van der Waals surface area contributed by atoms with Crippen LogP contribution in [-0.2, 0) is 4.74 Å². The van der Waals surface area contributed by atoms with Gasteiger partial charge in [0, 0.05) is 0 Å². The van der Waals surface area contributed by atoms with Gasteiger partial charge >= 0.3 is 0 Å². The Morgan fingerprint density at radius 2 is 1.47 bits per heavy atom. The highest BCUT2D eigenvalue weighted by molar-refractivity contribution is 5.04. The van der Waals surface area contributed by atoms with Gasteiger partial charge in [-0.1, -0.05) is 46.8 Å². The van der Waals surface area contributed by atoms with Gasteiger partial charge in [-0.15, -0.1) is 0 Å². The lowest BCUT2D eigenvalue weighted by atomic mass is 9.66. The fourth-order valence-corrected chi connectivity index (χ4v) is 3.50. The van der Waals surface area contributed by atoms with Crippen molar-refractivity contribution in [3.05, 3.63) is 12.2 Å². The van der Waals surface area contributed by atoms with Crippen LogP contribution in [0.1, 0.15) is 74.7 Å². The van der Waals surface area contributed by atoms with Gasteiger partial charge < -0.3 is 4.74 Å². The summed E-state index contributed by atoms with van der Waals surface area (Å²) in [7, 11) is 0. The van der Waals surface area contributed by atoms with Crippen LogP contribution >= 0.6 is 0 Å². The normalized spacial score (nSPS) is 25.7. The zero-order chi connectivity index (χ0) is 14.9. The Balaban J connectivity index is 2.63. The number of hydrogen-bond acceptors (Lipinski definition) is 1. The van der Waals surface area contributed by atoms with Crippen molar-refractivity contribution in [1.82, 2.24) is 0 Å². The summed E-state index contributed by atoms with van der Waals surface area (Å²) in [4.78, 5) is 0. The van der Waals surface area contributed by atoms with Crippen molar-refractivity contribution in [1.29, 1.82) is 0 Å². The molecule has 1 aliphatic rings. The molecule has 0 bridgehead atoms. The molecule has 0 saturated heterocycles. The molecule has 0 fully saturated rings. The quantitative estimate of drug-likeness (QED) is 0.604. The number of hydrogen-bond donors (Lipinski definition) is 0. The van der Waals surface area contributed by atoms with Crippen molar-refractivity contribution in [2.24, 2.45) is 16.7 Å². The standard InChI is InChI=1S/C18H34O/c1-16(2,3)13-18(7,8)14-9-11-15(12-10-14)19-17(4,5)6/h9,11,14-15H,10,12-13H2,1-8H3/t14-,15?/m1/s1. The number of rotatable bonds is 3. The smallest absolute Gasteiger partial charge is 0.0763 e. The largest absolute Gasteiger partial charge is 0.369 e. The second-order valence-corrected chi connectivity index (χ2v) is 9.06. The predicted octanol–water partition coefficient (Wildman–Crippen LogP) is 5.60. The zero-order valence-electron chi connectivity index (χ0n) is 14.3. The molecular formula is C18H34O. The maximum Gasteiger partial charge on any atom is 0.0763 e. The first-order valence-corrected chi connectivity index (χ1v) is 7.75. The van der Waals surface area contributed by atoms with E-state index < -0.39 is 0 Å². The molecule has 0 radical (unpaired) electrons. The third kappa shape index (κ3) is 6.12. The van der Waals surface area contributed by atoms with E-state index in [9.17, 15) is 0 Å². The fourth-order valence-electron chi connectivity index (χ4n) is 3.50. The Bertz CT molecular complexity index is 312. The summed E-state index contributed by atoms with van der Waals surface area (Å²) < 4.78 is 6.05. The molecule has 1 aliphatic carbocycles. The lowest BCUT2D eigenvalue weighted by Crippen LogP contribution is -2.33. The van der Waals surface area contributed by atoms with Crippen LogP contribution in [0.4, 0.5) is 0 Å². The van der Waals surface area contributed by atoms with Gasteiger partial charge in [-0.2, -0.15) is 0 Å². The average Bonchev–Trinajstić information content (AvgIpc) is 2.11. The Labute approximate surface area is 120 Å². The molecule has 1 heteroatoms. The molecule has 2 atom stereocenters. The van der Waals surface area contributed by atoms with E-state index in [0.717, 1.165) is 6.42 Å². The van der Waals surface area contributed by atoms with Crippen molar-refractivity contribution in [3.63, 3.8) is 0 Å². The molecule has 0 saturated carbocycles. The van der Waals surface area contributed by atoms with E-state index >= 15 is 0 Å². The molecule has 1 rings (SSSR count). The second-order valence-electron chi connectivity index (χ2n) is 9.06. The van der Waals surface area contributed by atoms with E-state index in [-0.39, 0.29) is 5.60 Å². The minimum absolute atomic E-state index is 0.0389. The van der Waals surface area contributed by atoms with Crippen LogP contribution in [0.2, 0.25) is 0 Å². The first-order chi connectivity index (χ1) is 8.39. The molecule has 0 aromatic heterocycles. The van der Waals surface area contributed by atoms with E-state index in [1.165, 1.54) is 12.8 Å². The van der Waals surface area contributed by atoms with E-state index in [1.807, 2.05) is 0 Å². The monoisotopic (exact) mass is 266 g/mol. The van der Waals surface area contributed by atoms with Gasteiger partial charge in [-0.25, -0.2) is 0 Å². The molecule has 19 heavy (non-hydrogen) atoms. The molecule has 0 heterocycles. The van der Waals surface area contributed by atoms with Crippen LogP contribution in [0.15, 0.2) is 12.2 Å². The Hall–Kier alpha value is -0.300. The van der Waals surface area contributed by atoms with Crippen LogP contribution in [0.5, 0.6) is 0 Å². The van der Waals surface area contributed by atoms with Crippen LogP contribution in [0.3, 0.4) is 0 Å². The van der Waals surface area contributed by atoms with Crippen LogP contribution in [0.25, 0.3) is 0 Å². The summed E-state index contributed by atoms with van der Waals surface area (Å²) >= 11 is 0. The molecule has 0 aromatic carbocycles. The molecule has 0 N–H and O–H groups in total. The number of ether oxygens (including phenoxy) is 1. The van der Waals surface area contributed by atoms with Crippen LogP contribution < -0.4 is 0 Å². The van der Waals surface area contributed by atoms with Crippen LogP contribution in [-0.4, -0.2) is 11.7 Å². The molecular weight excluding hydrogens is 232 g/mol. The molecule has 1 nitrogen and oxygen atoms in total. The minimum Gasteiger partial charge on any atom is -0.369 e. The maximum absolute atomic E-state index is 6.05. The number of allylic oxidation sites excluding steroid dienone is 1. The van der Waals surface area contributed by atoms with Crippen molar-refractivity contribution in [3.8, 4) is 0 Å². The third-order valence-corrected chi connectivity index (χ3v) is 3.81. The van der Waals surface area contributed by atoms with Gasteiger partial charge in [0.05, 0.1) is 11.7 Å². The third-order valence-electron chi connectivity index (χ3n) is 3.81. The Morgan fingerprint density at radius 3 is 1.84 bits per heavy atom. The van der Waals surface area contributed by atoms with Gasteiger partial charge in [0.1, 0.15) is 0 Å². The Morgan fingerprint density at radius 1 is 0.895 bits per heavy atom. The van der Waals surface area contributed by atoms with Gasteiger partial charge in [-0.3, -0.25) is 0 Å². The van der Waals surface area contributed by atoms with Gasteiger partial charge in [0.2, 0.25) is 0 Å². The van der Waals surface area contributed by atoms with Crippen molar-refractivity contribution in [2.75, 3.05) is 0 Å². The summed E-state index contributed by atoms with van der Waals surface area (Å²) in [5, 5.41) is 0. The SMILES string of the molecule is CC(C)(C)CC(C)(C)[C@@H]1C=CC(OC(C)(C)C)CC1. The molecule has 0 spiro atoms. The first kappa shape index (κ1) is 16.8. The maximum atomic E-state index is 6.05. The lowest BCUT2D eigenvalue weighted by Gasteiger charge is -2.40. The van der Waals surface area contributed by atoms with Crippen molar-refractivity contribution in [2.45, 2.75) is 86.4 Å². The molecule has 0 aliphatic heterocycles. The molecule has 0 aromatic rings. The highest BCUT2D eigenvalue weighted by Gasteiger charge is 2.34. The highest BCUT2D eigenvalue weighted by Crippen LogP contribution is 2.43. The summed E-state index contributed by atoms with van der Waals surface area (Å²) in [6.07, 6.45) is 8.68. The van der Waals surface area contributed by atoms with E-state index in [4.69, 9.17) is 4.74 Å². The van der Waals surface area contributed by atoms with E-state index in [1.54, 1.807) is 0 Å². The summed E-state index contributed by atoms with van der Waals surface area (Å²) in [5.74, 6) is 0.687. The molecule has 0 amide bonds. The summed E-state index contributed by atoms with van der Waals surface area (Å²) in [6, 6.07) is 0. The topological polar surface area (TPSA) is 9.23 Å². The van der Waals surface area contributed by atoms with Crippen LogP contribution in [0, 0.1) is 16.7 Å². The van der Waals surface area contributed by atoms with E-state index in [2.05, 4.69) is 67.5 Å². The van der Waals surface area contributed by atoms with Gasteiger partial charge in [0.25, 0.3) is 0 Å². The predicted molar refractivity (Wildman–Crippen MR) is 84.3 cm³/mol. The summed E-state index contributed by atoms with van der Waals surface area (Å²) in [6.45, 7) is 18.3. The zero-order valence-corrected chi connectivity index (χ0v) is 14.3. The van der Waals surface area contributed by atoms with E-state index in [0.29, 0.717) is 22.9 Å². The highest BCUT2D eigenvalue weighted by atomic mass is 16.5. The fraction of sp³-hybridized carbons (Fsp3) is 0.889. The first-order valence-electron chi connectivity index (χ1n) is 7.75. The molecule has 112 valence electrons. The second kappa shape index (κ2) is 5.60. The van der Waals surface area contributed by atoms with Crippen molar-refractivity contribution < 1.29 is 4.74 Å². The minimum atomic E-state index is -0.0389. The van der Waals surface area contributed by atoms with Gasteiger partial charge in [-0.05, 0) is 56.8 Å². The molecule has 1 unspecified atom stereocenters. The average molecular weight is 266 g/mol. The summed E-state index contributed by atoms with van der Waals surface area (Å²) in [5.41, 5.74) is 0.736. The lowest BCUT2D eigenvalue weighted by molar-refractivity contribution is -0.0477.